The van der Waals surface area contributed by atoms with Crippen molar-refractivity contribution in [3.63, 3.8) is 0 Å². The van der Waals surface area contributed by atoms with Gasteiger partial charge in [-0.05, 0) is 44.9 Å². The van der Waals surface area contributed by atoms with Crippen molar-refractivity contribution in [1.82, 2.24) is 0 Å². The SMILES string of the molecule is CCCCC/C=C\C/C=C\CCCCCCCCCCOCC(COC1OC(CO)C(O)C(OS(=O)(=O)O)C1O)OC(=O)CCCCCCCCCCCC. The zero-order valence-corrected chi connectivity index (χ0v) is 35.1. The van der Waals surface area contributed by atoms with Crippen LogP contribution in [0, 0.1) is 0 Å². The number of aliphatic hydroxyl groups excluding tert-OH is 3. The predicted molar refractivity (Wildman–Crippen MR) is 216 cm³/mol. The van der Waals surface area contributed by atoms with Crippen LogP contribution in [-0.4, -0.2) is 97.5 Å². The van der Waals surface area contributed by atoms with E-state index in [1.54, 1.807) is 0 Å². The summed E-state index contributed by atoms with van der Waals surface area (Å²) in [6.45, 7) is 3.93. The summed E-state index contributed by atoms with van der Waals surface area (Å²) in [5.41, 5.74) is 0. The van der Waals surface area contributed by atoms with Crippen LogP contribution < -0.4 is 0 Å². The Morgan fingerprint density at radius 1 is 0.691 bits per heavy atom. The Bertz CT molecular complexity index is 1070. The summed E-state index contributed by atoms with van der Waals surface area (Å²) < 4.78 is 58.9. The number of esters is 1. The van der Waals surface area contributed by atoms with Gasteiger partial charge in [-0.2, -0.15) is 8.42 Å². The molecular weight excluding hydrogens is 729 g/mol. The second-order valence-electron chi connectivity index (χ2n) is 14.9. The lowest BCUT2D eigenvalue weighted by Crippen LogP contribution is -2.60. The van der Waals surface area contributed by atoms with Gasteiger partial charge < -0.3 is 34.3 Å². The number of hydrogen-bond acceptors (Lipinski definition) is 11. The molecule has 55 heavy (non-hydrogen) atoms. The highest BCUT2D eigenvalue weighted by Gasteiger charge is 2.48. The lowest BCUT2D eigenvalue weighted by atomic mass is 9.99. The van der Waals surface area contributed by atoms with Crippen molar-refractivity contribution >= 4 is 16.4 Å². The molecule has 0 bridgehead atoms. The number of carbonyl (C=O) groups excluding carboxylic acids is 1. The van der Waals surface area contributed by atoms with Crippen molar-refractivity contribution in [2.24, 2.45) is 0 Å². The van der Waals surface area contributed by atoms with E-state index in [9.17, 15) is 28.5 Å². The van der Waals surface area contributed by atoms with Crippen molar-refractivity contribution in [3.8, 4) is 0 Å². The quantitative estimate of drug-likeness (QED) is 0.0204. The summed E-state index contributed by atoms with van der Waals surface area (Å²) in [6.07, 6.45) is 27.9. The van der Waals surface area contributed by atoms with Crippen LogP contribution in [0.1, 0.15) is 174 Å². The molecule has 0 amide bonds. The number of allylic oxidation sites excluding steroid dienone is 4. The zero-order valence-electron chi connectivity index (χ0n) is 34.2. The number of rotatable bonds is 37. The number of carbonyl (C=O) groups is 1. The number of hydrogen-bond donors (Lipinski definition) is 4. The van der Waals surface area contributed by atoms with Crippen molar-refractivity contribution in [1.29, 1.82) is 0 Å². The second-order valence-corrected chi connectivity index (χ2v) is 16.0. The maximum absolute atomic E-state index is 12.8. The monoisotopic (exact) mass is 807 g/mol. The molecule has 6 atom stereocenters. The molecule has 1 aliphatic heterocycles. The van der Waals surface area contributed by atoms with Crippen molar-refractivity contribution in [2.45, 2.75) is 211 Å². The largest absolute Gasteiger partial charge is 0.457 e. The standard InChI is InChI=1S/C42H78O12S/c1-3-5-7-9-11-13-15-16-17-18-19-20-21-22-24-26-28-30-32-50-34-36(52-38(44)31-29-27-25-23-14-12-10-8-6-4-2)35-51-42-40(46)41(54-55(47,48)49)39(45)37(33-43)53-42/h11,13,16-17,36-37,39-43,45-46H,3-10,12,14-15,18-35H2,1-2H3,(H,47,48,49)/b13-11-,17-16-. The first-order valence-corrected chi connectivity index (χ1v) is 23.0. The highest BCUT2D eigenvalue weighted by molar-refractivity contribution is 7.80. The van der Waals surface area contributed by atoms with E-state index in [2.05, 4.69) is 42.3 Å². The van der Waals surface area contributed by atoms with E-state index in [0.717, 1.165) is 51.4 Å². The van der Waals surface area contributed by atoms with E-state index in [0.29, 0.717) is 13.0 Å². The lowest BCUT2D eigenvalue weighted by Gasteiger charge is -2.41. The molecule has 13 heteroatoms. The molecule has 0 aromatic heterocycles. The Labute approximate surface area is 333 Å². The Morgan fingerprint density at radius 2 is 1.20 bits per heavy atom. The van der Waals surface area contributed by atoms with E-state index >= 15 is 0 Å². The minimum atomic E-state index is -5.06. The van der Waals surface area contributed by atoms with Crippen molar-refractivity contribution in [3.05, 3.63) is 24.3 Å². The van der Waals surface area contributed by atoms with Gasteiger partial charge in [-0.3, -0.25) is 9.35 Å². The molecule has 0 aromatic rings. The van der Waals surface area contributed by atoms with Gasteiger partial charge in [0.1, 0.15) is 30.5 Å². The fourth-order valence-corrected chi connectivity index (χ4v) is 7.03. The predicted octanol–water partition coefficient (Wildman–Crippen LogP) is 8.46. The molecule has 0 spiro atoms. The summed E-state index contributed by atoms with van der Waals surface area (Å²) in [5, 5.41) is 30.6. The van der Waals surface area contributed by atoms with Crippen LogP contribution >= 0.6 is 0 Å². The summed E-state index contributed by atoms with van der Waals surface area (Å²) in [7, 11) is -5.06. The van der Waals surface area contributed by atoms with Crippen LogP contribution in [0.3, 0.4) is 0 Å². The average Bonchev–Trinajstić information content (AvgIpc) is 3.15. The molecule has 1 rings (SSSR count). The number of unbranched alkanes of at least 4 members (excludes halogenated alkanes) is 20. The zero-order chi connectivity index (χ0) is 40.4. The molecule has 324 valence electrons. The summed E-state index contributed by atoms with van der Waals surface area (Å²) in [4.78, 5) is 12.8. The first-order chi connectivity index (χ1) is 26.6. The van der Waals surface area contributed by atoms with Crippen LogP contribution in [0.2, 0.25) is 0 Å². The maximum Gasteiger partial charge on any atom is 0.397 e. The fraction of sp³-hybridized carbons (Fsp3) is 0.881. The first-order valence-electron chi connectivity index (χ1n) is 21.6. The lowest BCUT2D eigenvalue weighted by molar-refractivity contribution is -0.301. The molecule has 4 N–H and O–H groups in total. The molecular formula is C42H78O12S. The van der Waals surface area contributed by atoms with Gasteiger partial charge in [-0.15, -0.1) is 0 Å². The molecule has 0 radical (unpaired) electrons. The third-order valence-electron chi connectivity index (χ3n) is 9.83. The third-order valence-corrected chi connectivity index (χ3v) is 10.3. The van der Waals surface area contributed by atoms with E-state index in [-0.39, 0.29) is 19.6 Å². The van der Waals surface area contributed by atoms with Crippen LogP contribution in [-0.2, 0) is 38.3 Å². The van der Waals surface area contributed by atoms with E-state index < -0.39 is 59.8 Å². The van der Waals surface area contributed by atoms with Gasteiger partial charge in [0.25, 0.3) is 0 Å². The third kappa shape index (κ3) is 28.6. The van der Waals surface area contributed by atoms with Gasteiger partial charge in [0, 0.05) is 13.0 Å². The molecule has 6 unspecified atom stereocenters. The highest BCUT2D eigenvalue weighted by Crippen LogP contribution is 2.26. The second kappa shape index (κ2) is 34.6. The van der Waals surface area contributed by atoms with Crippen molar-refractivity contribution < 1.29 is 56.2 Å². The first kappa shape index (κ1) is 51.6. The molecule has 0 aliphatic carbocycles. The number of aliphatic hydroxyl groups is 3. The summed E-state index contributed by atoms with van der Waals surface area (Å²) in [6, 6.07) is 0. The Hall–Kier alpha value is -1.42. The van der Waals surface area contributed by atoms with E-state index in [1.807, 2.05) is 0 Å². The van der Waals surface area contributed by atoms with Gasteiger partial charge in [0.15, 0.2) is 6.29 Å². The Morgan fingerprint density at radius 3 is 1.76 bits per heavy atom. The van der Waals surface area contributed by atoms with Crippen LogP contribution in [0.25, 0.3) is 0 Å². The highest BCUT2D eigenvalue weighted by atomic mass is 32.3. The maximum atomic E-state index is 12.8. The minimum Gasteiger partial charge on any atom is -0.457 e. The van der Waals surface area contributed by atoms with Gasteiger partial charge in [-0.25, -0.2) is 4.18 Å². The molecule has 0 aromatic carbocycles. The van der Waals surface area contributed by atoms with Gasteiger partial charge in [0.05, 0.1) is 19.8 Å². The van der Waals surface area contributed by atoms with Gasteiger partial charge in [-0.1, -0.05) is 147 Å². The van der Waals surface area contributed by atoms with Gasteiger partial charge in [0.2, 0.25) is 0 Å². The normalized spacial score (nSPS) is 21.2. The summed E-state index contributed by atoms with van der Waals surface area (Å²) in [5.74, 6) is -0.403. The van der Waals surface area contributed by atoms with Gasteiger partial charge >= 0.3 is 16.4 Å². The molecule has 0 saturated carbocycles. The molecule has 1 heterocycles. The average molecular weight is 807 g/mol. The topological polar surface area (TPSA) is 178 Å². The Balaban J connectivity index is 2.42. The molecule has 1 aliphatic rings. The smallest absolute Gasteiger partial charge is 0.397 e. The fourth-order valence-electron chi connectivity index (χ4n) is 6.53. The van der Waals surface area contributed by atoms with Crippen LogP contribution in [0.15, 0.2) is 24.3 Å². The van der Waals surface area contributed by atoms with E-state index in [4.69, 9.17) is 23.5 Å². The van der Waals surface area contributed by atoms with Crippen molar-refractivity contribution in [2.75, 3.05) is 26.4 Å². The summed E-state index contributed by atoms with van der Waals surface area (Å²) >= 11 is 0. The molecule has 1 saturated heterocycles. The van der Waals surface area contributed by atoms with Crippen LogP contribution in [0.5, 0.6) is 0 Å². The molecule has 12 nitrogen and oxygen atoms in total. The minimum absolute atomic E-state index is 0.0350. The van der Waals surface area contributed by atoms with Crippen LogP contribution in [0.4, 0.5) is 0 Å². The van der Waals surface area contributed by atoms with E-state index in [1.165, 1.54) is 96.3 Å². The number of ether oxygens (including phenoxy) is 4. The molecule has 1 fully saturated rings. The Kier molecular flexibility index (Phi) is 32.5.